The van der Waals surface area contributed by atoms with Crippen LogP contribution in [0.5, 0.6) is 0 Å². The molecule has 1 heterocycles. The lowest BCUT2D eigenvalue weighted by Crippen LogP contribution is -2.18. The van der Waals surface area contributed by atoms with Crippen molar-refractivity contribution in [2.75, 3.05) is 5.32 Å². The van der Waals surface area contributed by atoms with E-state index in [2.05, 4.69) is 20.8 Å². The van der Waals surface area contributed by atoms with Gasteiger partial charge in [0.1, 0.15) is 0 Å². The van der Waals surface area contributed by atoms with Gasteiger partial charge < -0.3 is 5.32 Å². The molecule has 0 saturated heterocycles. The number of nitrogens with zero attached hydrogens (tertiary/aromatic N) is 2. The van der Waals surface area contributed by atoms with Crippen LogP contribution >= 0.6 is 11.6 Å². The molecule has 2 aromatic carbocycles. The van der Waals surface area contributed by atoms with E-state index in [4.69, 9.17) is 11.6 Å². The zero-order chi connectivity index (χ0) is 19.9. The third-order valence-electron chi connectivity index (χ3n) is 3.76. The molecule has 2 N–H and O–H groups in total. The van der Waals surface area contributed by atoms with Gasteiger partial charge in [0.2, 0.25) is 0 Å². The molecule has 140 valence electrons. The fourth-order valence-corrected chi connectivity index (χ4v) is 2.53. The Morgan fingerprint density at radius 2 is 1.71 bits per heavy atom. The number of carbonyl (C=O) groups is 2. The number of pyridine rings is 1. The van der Waals surface area contributed by atoms with E-state index in [0.29, 0.717) is 27.5 Å². The van der Waals surface area contributed by atoms with Crippen LogP contribution in [0.1, 0.15) is 32.1 Å². The summed E-state index contributed by atoms with van der Waals surface area (Å²) in [5, 5.41) is 7.22. The van der Waals surface area contributed by atoms with E-state index >= 15 is 0 Å². The first-order chi connectivity index (χ1) is 13.5. The van der Waals surface area contributed by atoms with Crippen molar-refractivity contribution in [3.63, 3.8) is 0 Å². The highest BCUT2D eigenvalue weighted by atomic mass is 35.5. The number of amides is 2. The van der Waals surface area contributed by atoms with Crippen molar-refractivity contribution in [3.05, 3.63) is 94.3 Å². The average molecular weight is 393 g/mol. The van der Waals surface area contributed by atoms with E-state index in [1.165, 1.54) is 6.21 Å². The number of hydrogen-bond acceptors (Lipinski definition) is 4. The smallest absolute Gasteiger partial charge is 0.271 e. The predicted molar refractivity (Wildman–Crippen MR) is 110 cm³/mol. The number of anilines is 1. The summed E-state index contributed by atoms with van der Waals surface area (Å²) in [6.07, 6.45) is 1.47. The summed E-state index contributed by atoms with van der Waals surface area (Å²) < 4.78 is 0. The molecule has 0 bridgehead atoms. The summed E-state index contributed by atoms with van der Waals surface area (Å²) in [6.45, 7) is 1.87. The van der Waals surface area contributed by atoms with Crippen molar-refractivity contribution in [3.8, 4) is 0 Å². The van der Waals surface area contributed by atoms with Crippen LogP contribution < -0.4 is 10.7 Å². The molecule has 0 radical (unpaired) electrons. The maximum atomic E-state index is 12.3. The number of nitrogens with one attached hydrogen (secondary N) is 2. The second kappa shape index (κ2) is 8.92. The zero-order valence-electron chi connectivity index (χ0n) is 15.0. The maximum absolute atomic E-state index is 12.3. The lowest BCUT2D eigenvalue weighted by Gasteiger charge is -2.07. The van der Waals surface area contributed by atoms with Gasteiger partial charge in [-0.25, -0.2) is 5.43 Å². The van der Waals surface area contributed by atoms with Gasteiger partial charge in [-0.3, -0.25) is 14.6 Å². The van der Waals surface area contributed by atoms with Gasteiger partial charge in [-0.2, -0.15) is 5.10 Å². The molecule has 28 heavy (non-hydrogen) atoms. The minimum Gasteiger partial charge on any atom is -0.322 e. The number of benzene rings is 2. The van der Waals surface area contributed by atoms with Gasteiger partial charge in [0.25, 0.3) is 11.8 Å². The van der Waals surface area contributed by atoms with Crippen LogP contribution in [-0.4, -0.2) is 23.0 Å². The molecule has 0 spiro atoms. The normalized spacial score (nSPS) is 10.6. The molecule has 0 aliphatic rings. The molecule has 1 aromatic heterocycles. The second-order valence-corrected chi connectivity index (χ2v) is 6.38. The summed E-state index contributed by atoms with van der Waals surface area (Å²) in [6, 6.07) is 18.6. The van der Waals surface area contributed by atoms with Crippen LogP contribution in [0.4, 0.5) is 5.69 Å². The maximum Gasteiger partial charge on any atom is 0.271 e. The van der Waals surface area contributed by atoms with Gasteiger partial charge >= 0.3 is 0 Å². The Morgan fingerprint density at radius 1 is 0.964 bits per heavy atom. The first-order valence-corrected chi connectivity index (χ1v) is 8.83. The Morgan fingerprint density at radius 3 is 2.46 bits per heavy atom. The lowest BCUT2D eigenvalue weighted by molar-refractivity contribution is 0.0953. The summed E-state index contributed by atoms with van der Waals surface area (Å²) in [4.78, 5) is 28.8. The minimum atomic E-state index is -0.397. The van der Waals surface area contributed by atoms with Crippen LogP contribution in [0.3, 0.4) is 0 Å². The SMILES string of the molecule is Cc1cccc(C=NNC(=O)c2cccc(NC(=O)c3ccc(Cl)cc3)c2)n1. The van der Waals surface area contributed by atoms with Crippen LogP contribution in [0.25, 0.3) is 0 Å². The minimum absolute atomic E-state index is 0.294. The Kier molecular flexibility index (Phi) is 6.14. The number of aryl methyl sites for hydroxylation is 1. The molecule has 7 heteroatoms. The first-order valence-electron chi connectivity index (χ1n) is 8.45. The quantitative estimate of drug-likeness (QED) is 0.507. The second-order valence-electron chi connectivity index (χ2n) is 5.94. The Labute approximate surface area is 167 Å². The molecule has 0 saturated carbocycles. The number of aromatic nitrogens is 1. The van der Waals surface area contributed by atoms with Crippen molar-refractivity contribution in [1.82, 2.24) is 10.4 Å². The standard InChI is InChI=1S/C21H17ClN4O2/c1-14-4-2-7-19(24-14)13-23-26-21(28)16-5-3-6-18(12-16)25-20(27)15-8-10-17(22)11-9-15/h2-13H,1H3,(H,25,27)(H,26,28). The van der Waals surface area contributed by atoms with E-state index in [1.807, 2.05) is 19.1 Å². The Hall–Kier alpha value is -3.51. The summed E-state index contributed by atoms with van der Waals surface area (Å²) >= 11 is 5.83. The van der Waals surface area contributed by atoms with E-state index in [-0.39, 0.29) is 5.91 Å². The molecule has 0 fully saturated rings. The first kappa shape index (κ1) is 19.3. The molecular formula is C21H17ClN4O2. The zero-order valence-corrected chi connectivity index (χ0v) is 15.8. The van der Waals surface area contributed by atoms with Crippen molar-refractivity contribution >= 4 is 35.3 Å². The highest BCUT2D eigenvalue weighted by Crippen LogP contribution is 2.14. The van der Waals surface area contributed by atoms with Gasteiger partial charge in [0.15, 0.2) is 0 Å². The van der Waals surface area contributed by atoms with Crippen LogP contribution in [-0.2, 0) is 0 Å². The van der Waals surface area contributed by atoms with Crippen molar-refractivity contribution in [2.45, 2.75) is 6.92 Å². The summed E-state index contributed by atoms with van der Waals surface area (Å²) in [5.41, 5.74) is 5.28. The number of carbonyl (C=O) groups excluding carboxylic acids is 2. The lowest BCUT2D eigenvalue weighted by atomic mass is 10.1. The molecule has 2 amide bonds. The van der Waals surface area contributed by atoms with E-state index < -0.39 is 5.91 Å². The third-order valence-corrected chi connectivity index (χ3v) is 4.01. The van der Waals surface area contributed by atoms with Crippen molar-refractivity contribution in [1.29, 1.82) is 0 Å². The molecule has 0 atom stereocenters. The van der Waals surface area contributed by atoms with Crippen molar-refractivity contribution in [2.24, 2.45) is 5.10 Å². The van der Waals surface area contributed by atoms with Crippen LogP contribution in [0, 0.1) is 6.92 Å². The summed E-state index contributed by atoms with van der Waals surface area (Å²) in [7, 11) is 0. The molecule has 6 nitrogen and oxygen atoms in total. The van der Waals surface area contributed by atoms with Gasteiger partial charge in [-0.1, -0.05) is 23.7 Å². The fraction of sp³-hybridized carbons (Fsp3) is 0.0476. The van der Waals surface area contributed by atoms with E-state index in [1.54, 1.807) is 54.6 Å². The number of hydrogen-bond donors (Lipinski definition) is 2. The molecule has 3 aromatic rings. The average Bonchev–Trinajstić information content (AvgIpc) is 2.68. The van der Waals surface area contributed by atoms with Crippen LogP contribution in [0.15, 0.2) is 71.8 Å². The topological polar surface area (TPSA) is 83.5 Å². The van der Waals surface area contributed by atoms with E-state index in [0.717, 1.165) is 5.69 Å². The molecular weight excluding hydrogens is 376 g/mol. The molecule has 0 aliphatic heterocycles. The van der Waals surface area contributed by atoms with Crippen LogP contribution in [0.2, 0.25) is 5.02 Å². The summed E-state index contributed by atoms with van der Waals surface area (Å²) in [5.74, 6) is -0.690. The number of halogens is 1. The molecule has 0 unspecified atom stereocenters. The van der Waals surface area contributed by atoms with Gasteiger partial charge in [-0.05, 0) is 61.5 Å². The number of hydrazone groups is 1. The van der Waals surface area contributed by atoms with Gasteiger partial charge in [-0.15, -0.1) is 0 Å². The largest absolute Gasteiger partial charge is 0.322 e. The fourth-order valence-electron chi connectivity index (χ4n) is 2.40. The highest BCUT2D eigenvalue weighted by molar-refractivity contribution is 6.30. The predicted octanol–water partition coefficient (Wildman–Crippen LogP) is 4.06. The van der Waals surface area contributed by atoms with Gasteiger partial charge in [0.05, 0.1) is 11.9 Å². The Balaban J connectivity index is 1.64. The molecule has 3 rings (SSSR count). The monoisotopic (exact) mass is 392 g/mol. The van der Waals surface area contributed by atoms with Crippen molar-refractivity contribution < 1.29 is 9.59 Å². The van der Waals surface area contributed by atoms with E-state index in [9.17, 15) is 9.59 Å². The number of rotatable bonds is 5. The van der Waals surface area contributed by atoms with Gasteiger partial charge in [0, 0.05) is 27.5 Å². The highest BCUT2D eigenvalue weighted by Gasteiger charge is 2.09. The molecule has 0 aliphatic carbocycles. The third kappa shape index (κ3) is 5.25. The Bertz CT molecular complexity index is 1030.